The average molecular weight is 379 g/mol. The summed E-state index contributed by atoms with van der Waals surface area (Å²) in [6, 6.07) is 4.44. The summed E-state index contributed by atoms with van der Waals surface area (Å²) < 4.78 is 27.2. The first-order chi connectivity index (χ1) is 10.8. The minimum Gasteiger partial charge on any atom is -0.303 e. The molecule has 0 aromatic heterocycles. The zero-order valence-electron chi connectivity index (χ0n) is 13.6. The van der Waals surface area contributed by atoms with Crippen molar-refractivity contribution in [2.45, 2.75) is 31.6 Å². The second-order valence-electron chi connectivity index (χ2n) is 6.53. The van der Waals surface area contributed by atoms with Gasteiger partial charge < -0.3 is 4.90 Å². The van der Waals surface area contributed by atoms with Crippen LogP contribution in [0.3, 0.4) is 0 Å². The van der Waals surface area contributed by atoms with Crippen LogP contribution in [-0.2, 0) is 10.0 Å². The second kappa shape index (κ2) is 8.17. The van der Waals surface area contributed by atoms with E-state index >= 15 is 0 Å². The quantitative estimate of drug-likeness (QED) is 0.768. The smallest absolute Gasteiger partial charge is 0.242 e. The van der Waals surface area contributed by atoms with E-state index in [2.05, 4.69) is 23.5 Å². The van der Waals surface area contributed by atoms with Gasteiger partial charge in [-0.1, -0.05) is 37.0 Å². The van der Waals surface area contributed by atoms with Gasteiger partial charge in [0.25, 0.3) is 0 Å². The van der Waals surface area contributed by atoms with Crippen molar-refractivity contribution in [1.29, 1.82) is 0 Å². The summed E-state index contributed by atoms with van der Waals surface area (Å²) in [5.41, 5.74) is 0. The first-order valence-corrected chi connectivity index (χ1v) is 10.2. The largest absolute Gasteiger partial charge is 0.303 e. The molecule has 1 heterocycles. The van der Waals surface area contributed by atoms with Crippen LogP contribution in [0.25, 0.3) is 0 Å². The molecule has 0 radical (unpaired) electrons. The van der Waals surface area contributed by atoms with Gasteiger partial charge in [0, 0.05) is 24.7 Å². The molecule has 1 saturated heterocycles. The number of nitrogens with zero attached hydrogens (tertiary/aromatic N) is 1. The third-order valence-corrected chi connectivity index (χ3v) is 6.25. The lowest BCUT2D eigenvalue weighted by Gasteiger charge is -2.34. The molecule has 4 nitrogen and oxygen atoms in total. The number of hydrogen-bond donors (Lipinski definition) is 1. The summed E-state index contributed by atoms with van der Waals surface area (Å²) in [4.78, 5) is 2.45. The van der Waals surface area contributed by atoms with E-state index in [-0.39, 0.29) is 9.92 Å². The molecule has 1 aliphatic heterocycles. The Morgan fingerprint density at radius 2 is 1.87 bits per heavy atom. The van der Waals surface area contributed by atoms with Crippen molar-refractivity contribution in [3.8, 4) is 0 Å². The van der Waals surface area contributed by atoms with E-state index in [9.17, 15) is 8.42 Å². The van der Waals surface area contributed by atoms with Crippen molar-refractivity contribution in [1.82, 2.24) is 9.62 Å². The summed E-state index contributed by atoms with van der Waals surface area (Å²) in [6.45, 7) is 8.03. The molecule has 0 aliphatic carbocycles. The van der Waals surface area contributed by atoms with Crippen LogP contribution in [-0.4, -0.2) is 39.5 Å². The molecule has 1 aromatic carbocycles. The molecule has 1 N–H and O–H groups in total. The van der Waals surface area contributed by atoms with Crippen molar-refractivity contribution in [3.05, 3.63) is 28.2 Å². The van der Waals surface area contributed by atoms with Crippen LogP contribution in [0.15, 0.2) is 23.1 Å². The summed E-state index contributed by atoms with van der Waals surface area (Å²) in [5.74, 6) is 1.42. The van der Waals surface area contributed by atoms with Crippen LogP contribution < -0.4 is 4.72 Å². The second-order valence-corrected chi connectivity index (χ2v) is 9.11. The summed E-state index contributed by atoms with van der Waals surface area (Å²) in [5, 5.41) is 0.534. The van der Waals surface area contributed by atoms with Gasteiger partial charge in [0.2, 0.25) is 10.0 Å². The molecule has 0 spiro atoms. The molecule has 1 aliphatic rings. The predicted molar refractivity (Wildman–Crippen MR) is 95.7 cm³/mol. The first kappa shape index (κ1) is 19.0. The fourth-order valence-electron chi connectivity index (χ4n) is 3.24. The van der Waals surface area contributed by atoms with Crippen molar-refractivity contribution in [2.24, 2.45) is 11.8 Å². The van der Waals surface area contributed by atoms with Gasteiger partial charge in [-0.2, -0.15) is 0 Å². The molecule has 23 heavy (non-hydrogen) atoms. The summed E-state index contributed by atoms with van der Waals surface area (Å²) in [7, 11) is -3.62. The lowest BCUT2D eigenvalue weighted by molar-refractivity contribution is 0.140. The van der Waals surface area contributed by atoms with E-state index in [1.165, 1.54) is 18.6 Å². The van der Waals surface area contributed by atoms with Crippen molar-refractivity contribution < 1.29 is 8.42 Å². The van der Waals surface area contributed by atoms with Gasteiger partial charge in [0.15, 0.2) is 0 Å². The number of halogens is 2. The molecular weight excluding hydrogens is 355 g/mol. The van der Waals surface area contributed by atoms with E-state index in [0.717, 1.165) is 26.1 Å². The lowest BCUT2D eigenvalue weighted by Crippen LogP contribution is -2.40. The summed E-state index contributed by atoms with van der Waals surface area (Å²) >= 11 is 11.8. The molecule has 130 valence electrons. The Hall–Kier alpha value is -0.330. The van der Waals surface area contributed by atoms with E-state index in [4.69, 9.17) is 23.2 Å². The Labute approximate surface area is 149 Å². The molecular formula is C16H24Cl2N2O2S. The number of piperidine rings is 1. The van der Waals surface area contributed by atoms with Crippen LogP contribution in [0.2, 0.25) is 10.0 Å². The average Bonchev–Trinajstić information content (AvgIpc) is 2.45. The maximum atomic E-state index is 12.3. The first-order valence-electron chi connectivity index (χ1n) is 7.95. The molecule has 0 amide bonds. The summed E-state index contributed by atoms with van der Waals surface area (Å²) in [6.07, 6.45) is 2.05. The highest BCUT2D eigenvalue weighted by atomic mass is 35.5. The molecule has 7 heteroatoms. The minimum atomic E-state index is -3.62. The zero-order chi connectivity index (χ0) is 17.0. The van der Waals surface area contributed by atoms with Crippen LogP contribution in [0.4, 0.5) is 0 Å². The Morgan fingerprint density at radius 3 is 2.52 bits per heavy atom. The maximum Gasteiger partial charge on any atom is 0.242 e. The van der Waals surface area contributed by atoms with Crippen LogP contribution in [0.5, 0.6) is 0 Å². The lowest BCUT2D eigenvalue weighted by atomic mass is 9.92. The van der Waals surface area contributed by atoms with Gasteiger partial charge >= 0.3 is 0 Å². The number of benzene rings is 1. The third kappa shape index (κ3) is 5.61. The molecule has 1 aromatic rings. The molecule has 2 atom stereocenters. The van der Waals surface area contributed by atoms with E-state index < -0.39 is 10.0 Å². The van der Waals surface area contributed by atoms with E-state index in [0.29, 0.717) is 23.4 Å². The zero-order valence-corrected chi connectivity index (χ0v) is 15.9. The fourth-order valence-corrected chi connectivity index (χ4v) is 5.08. The highest BCUT2D eigenvalue weighted by Gasteiger charge is 2.22. The highest BCUT2D eigenvalue weighted by Crippen LogP contribution is 2.25. The Kier molecular flexibility index (Phi) is 6.75. The SMILES string of the molecule is C[C@H]1C[C@H](C)CN(CCCNS(=O)(=O)c2cc(Cl)ccc2Cl)C1. The molecule has 2 rings (SSSR count). The van der Waals surface area contributed by atoms with Gasteiger partial charge in [-0.3, -0.25) is 0 Å². The Morgan fingerprint density at radius 1 is 1.22 bits per heavy atom. The number of likely N-dealkylation sites (tertiary alicyclic amines) is 1. The molecule has 0 saturated carbocycles. The Bertz CT molecular complexity index is 627. The number of sulfonamides is 1. The van der Waals surface area contributed by atoms with Gasteiger partial charge in [-0.15, -0.1) is 0 Å². The molecule has 0 unspecified atom stereocenters. The van der Waals surface area contributed by atoms with Crippen molar-refractivity contribution >= 4 is 33.2 Å². The minimum absolute atomic E-state index is 0.0342. The van der Waals surface area contributed by atoms with Crippen LogP contribution >= 0.6 is 23.2 Å². The van der Waals surface area contributed by atoms with Crippen LogP contribution in [0, 0.1) is 11.8 Å². The fraction of sp³-hybridized carbons (Fsp3) is 0.625. The van der Waals surface area contributed by atoms with E-state index in [1.54, 1.807) is 6.07 Å². The highest BCUT2D eigenvalue weighted by molar-refractivity contribution is 7.89. The van der Waals surface area contributed by atoms with Crippen LogP contribution in [0.1, 0.15) is 26.7 Å². The van der Waals surface area contributed by atoms with Crippen molar-refractivity contribution in [3.63, 3.8) is 0 Å². The predicted octanol–water partition coefficient (Wildman–Crippen LogP) is 3.64. The maximum absolute atomic E-state index is 12.3. The standard InChI is InChI=1S/C16H24Cl2N2O2S/c1-12-8-13(2)11-20(10-12)7-3-6-19-23(21,22)16-9-14(17)4-5-15(16)18/h4-5,9,12-13,19H,3,6-8,10-11H2,1-2H3/t12-,13-/m0/s1. The number of hydrogen-bond acceptors (Lipinski definition) is 3. The number of rotatable bonds is 6. The normalized spacial score (nSPS) is 23.1. The Balaban J connectivity index is 1.84. The topological polar surface area (TPSA) is 49.4 Å². The van der Waals surface area contributed by atoms with Gasteiger partial charge in [0.1, 0.15) is 4.90 Å². The van der Waals surface area contributed by atoms with Gasteiger partial charge in [0.05, 0.1) is 5.02 Å². The third-order valence-electron chi connectivity index (χ3n) is 4.07. The van der Waals surface area contributed by atoms with Gasteiger partial charge in [-0.05, 0) is 49.4 Å². The van der Waals surface area contributed by atoms with Gasteiger partial charge in [-0.25, -0.2) is 13.1 Å². The van der Waals surface area contributed by atoms with E-state index in [1.807, 2.05) is 0 Å². The molecule has 0 bridgehead atoms. The van der Waals surface area contributed by atoms with Crippen molar-refractivity contribution in [2.75, 3.05) is 26.2 Å². The molecule has 1 fully saturated rings. The monoisotopic (exact) mass is 378 g/mol. The number of nitrogens with one attached hydrogen (secondary N) is 1.